The highest BCUT2D eigenvalue weighted by molar-refractivity contribution is 8.00. The number of carbonyl (C=O) groups excluding carboxylic acids is 4. The van der Waals surface area contributed by atoms with Crippen LogP contribution in [-0.2, 0) is 9.59 Å². The Morgan fingerprint density at radius 1 is 0.646 bits per heavy atom. The molecule has 0 heterocycles. The number of halogens is 2. The minimum absolute atomic E-state index is 0.0561. The SMILES string of the molecule is CC(=O)c1ccc(NC(=O)C(Sc2ccc(NC(=O)/C(=C/c3c(Cl)cccc3Cl)NC(=O)c3ccccc3)cc2)c2ccccc2)cc1. The van der Waals surface area contributed by atoms with Gasteiger partial charge in [0.15, 0.2) is 5.78 Å². The van der Waals surface area contributed by atoms with E-state index in [9.17, 15) is 19.2 Å². The average molecular weight is 695 g/mol. The number of hydrogen-bond donors (Lipinski definition) is 3. The summed E-state index contributed by atoms with van der Waals surface area (Å²) in [7, 11) is 0. The van der Waals surface area contributed by atoms with Gasteiger partial charge in [-0.1, -0.05) is 77.8 Å². The molecule has 10 heteroatoms. The Hall–Kier alpha value is -5.15. The van der Waals surface area contributed by atoms with Crippen LogP contribution in [-0.4, -0.2) is 23.5 Å². The maximum atomic E-state index is 13.5. The van der Waals surface area contributed by atoms with E-state index in [1.807, 2.05) is 30.3 Å². The first-order chi connectivity index (χ1) is 23.2. The van der Waals surface area contributed by atoms with Gasteiger partial charge >= 0.3 is 0 Å². The number of carbonyl (C=O) groups is 4. The van der Waals surface area contributed by atoms with Crippen LogP contribution in [0, 0.1) is 0 Å². The summed E-state index contributed by atoms with van der Waals surface area (Å²) in [6.07, 6.45) is 1.43. The van der Waals surface area contributed by atoms with E-state index < -0.39 is 17.1 Å². The van der Waals surface area contributed by atoms with Crippen molar-refractivity contribution < 1.29 is 19.2 Å². The predicted molar refractivity (Wildman–Crippen MR) is 194 cm³/mol. The van der Waals surface area contributed by atoms with Gasteiger partial charge in [-0.05, 0) is 91.4 Å². The Morgan fingerprint density at radius 3 is 1.81 bits per heavy atom. The molecule has 0 aliphatic carbocycles. The van der Waals surface area contributed by atoms with Crippen LogP contribution < -0.4 is 16.0 Å². The number of thioether (sulfide) groups is 1. The van der Waals surface area contributed by atoms with Crippen LogP contribution in [0.2, 0.25) is 10.0 Å². The molecule has 0 saturated heterocycles. The van der Waals surface area contributed by atoms with Crippen molar-refractivity contribution in [2.24, 2.45) is 0 Å². The molecule has 240 valence electrons. The first-order valence-corrected chi connectivity index (χ1v) is 16.4. The summed E-state index contributed by atoms with van der Waals surface area (Å²) in [4.78, 5) is 52.4. The third-order valence-corrected chi connectivity index (χ3v) is 9.01. The van der Waals surface area contributed by atoms with Gasteiger partial charge in [-0.3, -0.25) is 19.2 Å². The summed E-state index contributed by atoms with van der Waals surface area (Å²) >= 11 is 14.1. The van der Waals surface area contributed by atoms with Crippen molar-refractivity contribution in [3.63, 3.8) is 0 Å². The lowest BCUT2D eigenvalue weighted by molar-refractivity contribution is -0.116. The topological polar surface area (TPSA) is 104 Å². The lowest BCUT2D eigenvalue weighted by atomic mass is 10.1. The number of amides is 3. The van der Waals surface area contributed by atoms with E-state index in [1.165, 1.54) is 24.8 Å². The van der Waals surface area contributed by atoms with Gasteiger partial charge in [-0.15, -0.1) is 11.8 Å². The Kier molecular flexibility index (Phi) is 11.5. The second-order valence-corrected chi connectivity index (χ2v) is 12.5. The van der Waals surface area contributed by atoms with Crippen molar-refractivity contribution in [2.45, 2.75) is 17.1 Å². The molecule has 0 aromatic heterocycles. The van der Waals surface area contributed by atoms with E-state index in [0.717, 1.165) is 10.5 Å². The summed E-state index contributed by atoms with van der Waals surface area (Å²) in [6, 6.07) is 36.6. The molecule has 0 saturated carbocycles. The molecular formula is C38H29Cl2N3O4S. The molecule has 48 heavy (non-hydrogen) atoms. The van der Waals surface area contributed by atoms with Crippen LogP contribution in [0.1, 0.15) is 44.0 Å². The van der Waals surface area contributed by atoms with Gasteiger partial charge in [0.05, 0.1) is 0 Å². The molecule has 0 fully saturated rings. The molecule has 0 spiro atoms. The molecular weight excluding hydrogens is 665 g/mol. The third-order valence-electron chi connectivity index (χ3n) is 7.08. The normalized spacial score (nSPS) is 11.7. The van der Waals surface area contributed by atoms with Crippen molar-refractivity contribution in [1.29, 1.82) is 0 Å². The largest absolute Gasteiger partial charge is 0.325 e. The Bertz CT molecular complexity index is 1950. The number of benzene rings is 5. The van der Waals surface area contributed by atoms with E-state index in [0.29, 0.717) is 38.1 Å². The summed E-state index contributed by atoms with van der Waals surface area (Å²) in [5.74, 6) is -1.36. The summed E-state index contributed by atoms with van der Waals surface area (Å²) < 4.78 is 0. The lowest BCUT2D eigenvalue weighted by Gasteiger charge is -2.18. The number of rotatable bonds is 11. The van der Waals surface area contributed by atoms with Crippen molar-refractivity contribution in [3.8, 4) is 0 Å². The summed E-state index contributed by atoms with van der Waals surface area (Å²) in [6.45, 7) is 1.49. The highest BCUT2D eigenvalue weighted by atomic mass is 35.5. The van der Waals surface area contributed by atoms with Crippen LogP contribution in [0.15, 0.2) is 138 Å². The van der Waals surface area contributed by atoms with E-state index in [4.69, 9.17) is 23.2 Å². The first kappa shape index (κ1) is 34.2. The molecule has 5 aromatic carbocycles. The van der Waals surface area contributed by atoms with Gasteiger partial charge in [0.1, 0.15) is 10.9 Å². The fourth-order valence-corrected chi connectivity index (χ4v) is 6.11. The smallest absolute Gasteiger partial charge is 0.272 e. The minimum Gasteiger partial charge on any atom is -0.325 e. The first-order valence-electron chi connectivity index (χ1n) is 14.7. The fourth-order valence-electron chi connectivity index (χ4n) is 4.58. The summed E-state index contributed by atoms with van der Waals surface area (Å²) in [5.41, 5.74) is 3.09. The predicted octanol–water partition coefficient (Wildman–Crippen LogP) is 9.08. The molecule has 0 radical (unpaired) electrons. The molecule has 0 aliphatic rings. The molecule has 7 nitrogen and oxygen atoms in total. The minimum atomic E-state index is -0.595. The number of Topliss-reactive ketones (excluding diaryl/α,β-unsaturated/α-hetero) is 1. The van der Waals surface area contributed by atoms with Gasteiger partial charge in [-0.25, -0.2) is 0 Å². The van der Waals surface area contributed by atoms with E-state index in [-0.39, 0.29) is 17.4 Å². The maximum absolute atomic E-state index is 13.5. The Morgan fingerprint density at radius 2 is 1.21 bits per heavy atom. The van der Waals surface area contributed by atoms with Gasteiger partial charge < -0.3 is 16.0 Å². The monoisotopic (exact) mass is 693 g/mol. The number of ketones is 1. The number of anilines is 2. The highest BCUT2D eigenvalue weighted by Gasteiger charge is 2.23. The van der Waals surface area contributed by atoms with Crippen molar-refractivity contribution in [3.05, 3.63) is 165 Å². The van der Waals surface area contributed by atoms with Gasteiger partial charge in [0, 0.05) is 43.0 Å². The zero-order chi connectivity index (χ0) is 34.0. The van der Waals surface area contributed by atoms with Gasteiger partial charge in [-0.2, -0.15) is 0 Å². The molecule has 5 aromatic rings. The van der Waals surface area contributed by atoms with Crippen LogP contribution in [0.5, 0.6) is 0 Å². The highest BCUT2D eigenvalue weighted by Crippen LogP contribution is 2.37. The Balaban J connectivity index is 1.34. The van der Waals surface area contributed by atoms with Crippen molar-refractivity contribution in [2.75, 3.05) is 10.6 Å². The van der Waals surface area contributed by atoms with E-state index in [1.54, 1.807) is 97.1 Å². The standard InChI is InChI=1S/C38H29Cl2N3O4S/c1-24(44)25-15-17-28(18-16-25)42-38(47)35(26-9-4-2-5-10-26)48-30-21-19-29(20-22-30)41-37(46)34(23-31-32(39)13-8-14-33(31)40)43-36(45)27-11-6-3-7-12-27/h2-23,35H,1H3,(H,41,46)(H,42,47)(H,43,45)/b34-23-. The maximum Gasteiger partial charge on any atom is 0.272 e. The average Bonchev–Trinajstić information content (AvgIpc) is 3.10. The lowest BCUT2D eigenvalue weighted by Crippen LogP contribution is -2.30. The zero-order valence-electron chi connectivity index (χ0n) is 25.6. The van der Waals surface area contributed by atoms with Crippen LogP contribution in [0.3, 0.4) is 0 Å². The molecule has 1 unspecified atom stereocenters. The molecule has 3 amide bonds. The quantitative estimate of drug-likeness (QED) is 0.0727. The number of nitrogens with one attached hydrogen (secondary N) is 3. The van der Waals surface area contributed by atoms with Crippen LogP contribution >= 0.6 is 35.0 Å². The third kappa shape index (κ3) is 9.01. The van der Waals surface area contributed by atoms with Gasteiger partial charge in [0.25, 0.3) is 11.8 Å². The van der Waals surface area contributed by atoms with E-state index >= 15 is 0 Å². The summed E-state index contributed by atoms with van der Waals surface area (Å²) in [5, 5.41) is 8.47. The number of hydrogen-bond acceptors (Lipinski definition) is 5. The van der Waals surface area contributed by atoms with Gasteiger partial charge in [0.2, 0.25) is 5.91 Å². The van der Waals surface area contributed by atoms with E-state index in [2.05, 4.69) is 16.0 Å². The molecule has 1 atom stereocenters. The van der Waals surface area contributed by atoms with Crippen molar-refractivity contribution >= 4 is 75.9 Å². The molecule has 5 rings (SSSR count). The molecule has 3 N–H and O–H groups in total. The fraction of sp³-hybridized carbons (Fsp3) is 0.0526. The second kappa shape index (κ2) is 16.1. The second-order valence-electron chi connectivity index (χ2n) is 10.5. The Labute approximate surface area is 292 Å². The van der Waals surface area contributed by atoms with Crippen molar-refractivity contribution in [1.82, 2.24) is 5.32 Å². The van der Waals surface area contributed by atoms with Crippen LogP contribution in [0.25, 0.3) is 6.08 Å². The zero-order valence-corrected chi connectivity index (χ0v) is 27.9. The molecule has 0 aliphatic heterocycles. The molecule has 0 bridgehead atoms. The van der Waals surface area contributed by atoms with Crippen LogP contribution in [0.4, 0.5) is 11.4 Å².